The van der Waals surface area contributed by atoms with Gasteiger partial charge in [-0.2, -0.15) is 0 Å². The number of allylic oxidation sites excluding steroid dienone is 4. The van der Waals surface area contributed by atoms with Crippen LogP contribution in [-0.2, 0) is 9.59 Å². The highest BCUT2D eigenvalue weighted by molar-refractivity contribution is 6.42. The lowest BCUT2D eigenvalue weighted by molar-refractivity contribution is -0.125. The lowest BCUT2D eigenvalue weighted by Gasteiger charge is -2.44. The third kappa shape index (κ3) is 2.86. The van der Waals surface area contributed by atoms with E-state index in [9.17, 15) is 9.59 Å². The first-order valence-electron chi connectivity index (χ1n) is 9.81. The molecule has 1 aliphatic heterocycles. The van der Waals surface area contributed by atoms with Gasteiger partial charge in [-0.3, -0.25) is 9.59 Å². The topological polar surface area (TPSA) is 46.2 Å². The molecule has 1 aromatic carbocycles. The Kier molecular flexibility index (Phi) is 4.55. The van der Waals surface area contributed by atoms with Crippen LogP contribution in [0.2, 0.25) is 10.0 Å². The SMILES string of the molecule is CC1(C)CCC2=C(C1=O)C(c1cccc(Cl)c1Cl)C1=C(CCC(C)(C)C1=O)N2. The highest BCUT2D eigenvalue weighted by Gasteiger charge is 2.49. The minimum Gasteiger partial charge on any atom is -0.362 e. The molecule has 0 saturated carbocycles. The van der Waals surface area contributed by atoms with Gasteiger partial charge >= 0.3 is 0 Å². The van der Waals surface area contributed by atoms with Gasteiger partial charge in [-0.15, -0.1) is 0 Å². The van der Waals surface area contributed by atoms with Crippen LogP contribution < -0.4 is 5.32 Å². The summed E-state index contributed by atoms with van der Waals surface area (Å²) in [7, 11) is 0. The minimum absolute atomic E-state index is 0.0880. The number of rotatable bonds is 1. The Morgan fingerprint density at radius 3 is 1.89 bits per heavy atom. The van der Waals surface area contributed by atoms with Crippen LogP contribution in [0.1, 0.15) is 64.9 Å². The number of hydrogen-bond acceptors (Lipinski definition) is 3. The van der Waals surface area contributed by atoms with E-state index in [1.54, 1.807) is 6.07 Å². The van der Waals surface area contributed by atoms with Crippen molar-refractivity contribution in [1.29, 1.82) is 0 Å². The average Bonchev–Trinajstić information content (AvgIpc) is 2.63. The Morgan fingerprint density at radius 2 is 1.39 bits per heavy atom. The normalized spacial score (nSPS) is 24.1. The number of halogens is 2. The van der Waals surface area contributed by atoms with Crippen molar-refractivity contribution in [2.24, 2.45) is 10.8 Å². The molecular weight excluding hydrogens is 393 g/mol. The van der Waals surface area contributed by atoms with Gasteiger partial charge in [-0.1, -0.05) is 63.0 Å². The maximum Gasteiger partial charge on any atom is 0.167 e. The largest absolute Gasteiger partial charge is 0.362 e. The van der Waals surface area contributed by atoms with Crippen LogP contribution in [0.5, 0.6) is 0 Å². The summed E-state index contributed by atoms with van der Waals surface area (Å²) in [6.07, 6.45) is 3.15. The fraction of sp³-hybridized carbons (Fsp3) is 0.478. The lowest BCUT2D eigenvalue weighted by Crippen LogP contribution is -2.44. The minimum atomic E-state index is -0.463. The number of Topliss-reactive ketones (excluding diaryl/α,β-unsaturated/α-hetero) is 2. The molecule has 1 heterocycles. The second-order valence-electron chi connectivity index (χ2n) is 9.41. The molecule has 0 fully saturated rings. The van der Waals surface area contributed by atoms with Crippen molar-refractivity contribution in [1.82, 2.24) is 5.32 Å². The van der Waals surface area contributed by atoms with Crippen molar-refractivity contribution < 1.29 is 9.59 Å². The maximum absolute atomic E-state index is 13.5. The molecular formula is C23H25Cl2NO2. The molecule has 1 aromatic rings. The molecule has 0 radical (unpaired) electrons. The van der Waals surface area contributed by atoms with Crippen molar-refractivity contribution >= 4 is 34.8 Å². The molecule has 0 spiro atoms. The van der Waals surface area contributed by atoms with E-state index in [1.165, 1.54) is 0 Å². The van der Waals surface area contributed by atoms with Gasteiger partial charge in [0.2, 0.25) is 0 Å². The summed E-state index contributed by atoms with van der Waals surface area (Å²) in [4.78, 5) is 27.0. The number of nitrogens with one attached hydrogen (secondary N) is 1. The number of hydrogen-bond donors (Lipinski definition) is 1. The summed E-state index contributed by atoms with van der Waals surface area (Å²) in [6.45, 7) is 7.91. The second-order valence-corrected chi connectivity index (χ2v) is 10.2. The predicted octanol–water partition coefficient (Wildman–Crippen LogP) is 5.97. The lowest BCUT2D eigenvalue weighted by atomic mass is 9.62. The molecule has 0 aromatic heterocycles. The van der Waals surface area contributed by atoms with Crippen LogP contribution in [-0.4, -0.2) is 11.6 Å². The molecule has 2 aliphatic carbocycles. The summed E-state index contributed by atoms with van der Waals surface area (Å²) >= 11 is 12.9. The summed E-state index contributed by atoms with van der Waals surface area (Å²) in [5.41, 5.74) is 3.07. The fourth-order valence-electron chi connectivity index (χ4n) is 4.63. The van der Waals surface area contributed by atoms with Gasteiger partial charge in [0.05, 0.1) is 10.0 Å². The molecule has 1 N–H and O–H groups in total. The number of dihydropyridines is 1. The third-order valence-electron chi connectivity index (χ3n) is 6.54. The van der Waals surface area contributed by atoms with Crippen LogP contribution in [0.15, 0.2) is 40.7 Å². The molecule has 0 bridgehead atoms. The molecule has 0 saturated heterocycles. The predicted molar refractivity (Wildman–Crippen MR) is 112 cm³/mol. The van der Waals surface area contributed by atoms with E-state index in [4.69, 9.17) is 23.2 Å². The Bertz CT molecular complexity index is 917. The molecule has 3 aliphatic rings. The van der Waals surface area contributed by atoms with Crippen molar-refractivity contribution in [2.75, 3.05) is 0 Å². The Morgan fingerprint density at radius 1 is 0.893 bits per heavy atom. The van der Waals surface area contributed by atoms with Gasteiger partial charge in [0.15, 0.2) is 11.6 Å². The number of ketones is 2. The van der Waals surface area contributed by atoms with Crippen LogP contribution >= 0.6 is 23.2 Å². The molecule has 4 rings (SSSR count). The highest BCUT2D eigenvalue weighted by atomic mass is 35.5. The van der Waals surface area contributed by atoms with Crippen molar-refractivity contribution in [2.45, 2.75) is 59.3 Å². The Balaban J connectivity index is 1.99. The van der Waals surface area contributed by atoms with E-state index in [0.717, 1.165) is 42.6 Å². The Hall–Kier alpha value is -1.58. The summed E-state index contributed by atoms with van der Waals surface area (Å²) in [5, 5.41) is 4.32. The molecule has 28 heavy (non-hydrogen) atoms. The summed E-state index contributed by atoms with van der Waals surface area (Å²) in [6, 6.07) is 5.46. The van der Waals surface area contributed by atoms with Gasteiger partial charge < -0.3 is 5.32 Å². The zero-order chi connectivity index (χ0) is 20.4. The molecule has 5 heteroatoms. The molecule has 3 nitrogen and oxygen atoms in total. The highest BCUT2D eigenvalue weighted by Crippen LogP contribution is 2.52. The van der Waals surface area contributed by atoms with Crippen molar-refractivity contribution in [3.8, 4) is 0 Å². The Labute approximate surface area is 176 Å². The first kappa shape index (κ1) is 19.7. The van der Waals surface area contributed by atoms with E-state index in [2.05, 4.69) is 5.32 Å². The first-order valence-corrected chi connectivity index (χ1v) is 10.6. The van der Waals surface area contributed by atoms with Gasteiger partial charge in [-0.25, -0.2) is 0 Å². The molecule has 0 amide bonds. The summed E-state index contributed by atoms with van der Waals surface area (Å²) in [5.74, 6) is -0.286. The quantitative estimate of drug-likeness (QED) is 0.612. The molecule has 0 atom stereocenters. The zero-order valence-corrected chi connectivity index (χ0v) is 18.2. The first-order chi connectivity index (χ1) is 13.0. The van der Waals surface area contributed by atoms with Gasteiger partial charge in [-0.05, 0) is 37.3 Å². The van der Waals surface area contributed by atoms with Crippen LogP contribution in [0.4, 0.5) is 0 Å². The van der Waals surface area contributed by atoms with Crippen LogP contribution in [0.3, 0.4) is 0 Å². The third-order valence-corrected chi connectivity index (χ3v) is 7.37. The van der Waals surface area contributed by atoms with E-state index < -0.39 is 16.7 Å². The van der Waals surface area contributed by atoms with Crippen LogP contribution in [0.25, 0.3) is 0 Å². The average molecular weight is 418 g/mol. The van der Waals surface area contributed by atoms with Crippen molar-refractivity contribution in [3.63, 3.8) is 0 Å². The van der Waals surface area contributed by atoms with Gasteiger partial charge in [0.1, 0.15) is 0 Å². The van der Waals surface area contributed by atoms with Crippen LogP contribution in [0, 0.1) is 10.8 Å². The van der Waals surface area contributed by atoms with E-state index in [0.29, 0.717) is 21.2 Å². The van der Waals surface area contributed by atoms with Crippen molar-refractivity contribution in [3.05, 3.63) is 56.3 Å². The second kappa shape index (κ2) is 6.47. The molecule has 0 unspecified atom stereocenters. The number of carbonyl (C=O) groups excluding carboxylic acids is 2. The number of carbonyl (C=O) groups is 2. The van der Waals surface area contributed by atoms with E-state index in [1.807, 2.05) is 39.8 Å². The zero-order valence-electron chi connectivity index (χ0n) is 16.7. The summed E-state index contributed by atoms with van der Waals surface area (Å²) < 4.78 is 0. The standard InChI is InChI=1S/C23H25Cl2NO2/c1-22(2)10-8-14-17(20(22)27)16(12-6-5-7-13(24)19(12)25)18-15(26-14)9-11-23(3,4)21(18)28/h5-7,16,26H,8-11H2,1-4H3. The fourth-order valence-corrected chi connectivity index (χ4v) is 5.04. The smallest absolute Gasteiger partial charge is 0.167 e. The van der Waals surface area contributed by atoms with Gasteiger partial charge in [0.25, 0.3) is 0 Å². The maximum atomic E-state index is 13.5. The monoisotopic (exact) mass is 417 g/mol. The molecule has 148 valence electrons. The van der Waals surface area contributed by atoms with Gasteiger partial charge in [0, 0.05) is 39.3 Å². The number of benzene rings is 1. The van der Waals surface area contributed by atoms with E-state index >= 15 is 0 Å². The van der Waals surface area contributed by atoms with E-state index in [-0.39, 0.29) is 11.6 Å².